The van der Waals surface area contributed by atoms with Crippen LogP contribution in [-0.4, -0.2) is 50.6 Å². The first kappa shape index (κ1) is 29.9. The highest BCUT2D eigenvalue weighted by Gasteiger charge is 2.37. The van der Waals surface area contributed by atoms with Crippen molar-refractivity contribution in [3.05, 3.63) is 41.2 Å². The molecule has 3 aromatic rings. The van der Waals surface area contributed by atoms with Crippen LogP contribution in [0.1, 0.15) is 78.9 Å². The molecule has 0 atom stereocenters. The van der Waals surface area contributed by atoms with Gasteiger partial charge < -0.3 is 26.3 Å². The largest absolute Gasteiger partial charge is 0.416 e. The van der Waals surface area contributed by atoms with E-state index in [0.717, 1.165) is 51.4 Å². The van der Waals surface area contributed by atoms with Crippen molar-refractivity contribution in [1.82, 2.24) is 24.8 Å². The zero-order valence-corrected chi connectivity index (χ0v) is 22.7. The predicted octanol–water partition coefficient (Wildman–Crippen LogP) is 5.50. The van der Waals surface area contributed by atoms with E-state index in [1.54, 1.807) is 6.33 Å². The third kappa shape index (κ3) is 6.88. The minimum atomic E-state index is -5.05. The van der Waals surface area contributed by atoms with E-state index in [4.69, 9.17) is 10.7 Å². The number of nitrogens with two attached hydrogens (primary N) is 1. The summed E-state index contributed by atoms with van der Waals surface area (Å²) >= 11 is 0. The second-order valence-electron chi connectivity index (χ2n) is 10.9. The van der Waals surface area contributed by atoms with Crippen LogP contribution in [0.3, 0.4) is 0 Å². The first-order valence-electron chi connectivity index (χ1n) is 14.0. The van der Waals surface area contributed by atoms with Gasteiger partial charge in [0, 0.05) is 36.8 Å². The molecule has 2 aliphatic carbocycles. The van der Waals surface area contributed by atoms with E-state index < -0.39 is 35.0 Å². The number of aromatic nitrogens is 4. The molecule has 228 valence electrons. The van der Waals surface area contributed by atoms with Crippen LogP contribution in [0.15, 0.2) is 24.5 Å². The van der Waals surface area contributed by atoms with E-state index in [1.165, 1.54) is 0 Å². The van der Waals surface area contributed by atoms with Gasteiger partial charge in [-0.2, -0.15) is 36.3 Å². The molecule has 2 fully saturated rings. The lowest BCUT2D eigenvalue weighted by atomic mass is 9.92. The molecule has 0 aliphatic heterocycles. The minimum absolute atomic E-state index is 0.0172. The van der Waals surface area contributed by atoms with Crippen molar-refractivity contribution in [3.63, 3.8) is 0 Å². The van der Waals surface area contributed by atoms with Crippen molar-refractivity contribution in [2.24, 2.45) is 5.73 Å². The van der Waals surface area contributed by atoms with Gasteiger partial charge in [0.25, 0.3) is 5.91 Å². The zero-order valence-electron chi connectivity index (χ0n) is 22.7. The van der Waals surface area contributed by atoms with Crippen molar-refractivity contribution in [2.75, 3.05) is 23.7 Å². The van der Waals surface area contributed by atoms with Crippen LogP contribution in [-0.2, 0) is 12.4 Å². The molecular formula is C27H32F6N8O. The van der Waals surface area contributed by atoms with E-state index in [0.29, 0.717) is 35.1 Å². The molecule has 5 N–H and O–H groups in total. The van der Waals surface area contributed by atoms with Gasteiger partial charge in [-0.3, -0.25) is 4.79 Å². The maximum absolute atomic E-state index is 13.2. The average Bonchev–Trinajstić information content (AvgIpc) is 3.61. The van der Waals surface area contributed by atoms with Crippen LogP contribution in [0.4, 0.5) is 38.1 Å². The molecule has 0 spiro atoms. The summed E-state index contributed by atoms with van der Waals surface area (Å²) in [6, 6.07) is 1.39. The first-order valence-corrected chi connectivity index (χ1v) is 14.0. The van der Waals surface area contributed by atoms with Gasteiger partial charge in [0.2, 0.25) is 5.95 Å². The summed E-state index contributed by atoms with van der Waals surface area (Å²) < 4.78 is 81.1. The van der Waals surface area contributed by atoms with Crippen molar-refractivity contribution < 1.29 is 31.1 Å². The summed E-state index contributed by atoms with van der Waals surface area (Å²) in [6.45, 7) is -0.0223. The number of anilines is 2. The number of imidazole rings is 1. The Kier molecular flexibility index (Phi) is 8.49. The van der Waals surface area contributed by atoms with Gasteiger partial charge in [-0.15, -0.1) is 0 Å². The number of benzene rings is 1. The van der Waals surface area contributed by atoms with Crippen molar-refractivity contribution in [1.29, 1.82) is 0 Å². The standard InChI is InChI=1S/C27H32F6N8O/c28-26(29,30)16-11-15(12-17(13-16)27(31,32)33)24(42)36-10-9-35-22-21-23(41(14-37-21)20-3-1-2-4-20)40-25(39-22)38-19-7-5-18(34)6-8-19/h11-14,18-20H,1-10,34H2,(H,36,42)(H2,35,38,39,40). The highest BCUT2D eigenvalue weighted by Crippen LogP contribution is 2.37. The van der Waals surface area contributed by atoms with E-state index >= 15 is 0 Å². The fraction of sp³-hybridized carbons (Fsp3) is 0.556. The topological polar surface area (TPSA) is 123 Å². The Hall–Kier alpha value is -3.62. The third-order valence-electron chi connectivity index (χ3n) is 7.80. The van der Waals surface area contributed by atoms with Gasteiger partial charge in [-0.1, -0.05) is 12.8 Å². The lowest BCUT2D eigenvalue weighted by Gasteiger charge is -2.27. The van der Waals surface area contributed by atoms with Gasteiger partial charge in [0.1, 0.15) is 0 Å². The number of amides is 1. The van der Waals surface area contributed by atoms with E-state index in [2.05, 4.69) is 25.9 Å². The molecule has 0 unspecified atom stereocenters. The number of hydrogen-bond donors (Lipinski definition) is 4. The maximum atomic E-state index is 13.2. The second-order valence-corrected chi connectivity index (χ2v) is 10.9. The van der Waals surface area contributed by atoms with Gasteiger partial charge in [0.05, 0.1) is 17.5 Å². The fourth-order valence-corrected chi connectivity index (χ4v) is 5.55. The Balaban J connectivity index is 1.30. The summed E-state index contributed by atoms with van der Waals surface area (Å²) in [6.07, 6.45) is -0.567. The molecule has 15 heteroatoms. The molecule has 42 heavy (non-hydrogen) atoms. The van der Waals surface area contributed by atoms with Gasteiger partial charge in [-0.05, 0) is 56.7 Å². The summed E-state index contributed by atoms with van der Waals surface area (Å²) in [5.41, 5.74) is 3.37. The molecule has 2 heterocycles. The molecule has 9 nitrogen and oxygen atoms in total. The SMILES string of the molecule is NC1CCC(Nc2nc(NCCNC(=O)c3cc(C(F)(F)F)cc(C(F)(F)F)c3)c3ncn(C4CCCC4)c3n2)CC1. The van der Waals surface area contributed by atoms with Gasteiger partial charge >= 0.3 is 12.4 Å². The normalized spacial score (nSPS) is 20.2. The average molecular weight is 599 g/mol. The third-order valence-corrected chi connectivity index (χ3v) is 7.80. The number of nitrogens with one attached hydrogen (secondary N) is 3. The quantitative estimate of drug-likeness (QED) is 0.199. The van der Waals surface area contributed by atoms with E-state index in [-0.39, 0.29) is 37.3 Å². The monoisotopic (exact) mass is 598 g/mol. The lowest BCUT2D eigenvalue weighted by molar-refractivity contribution is -0.143. The molecule has 2 aromatic heterocycles. The molecule has 1 amide bonds. The molecule has 1 aromatic carbocycles. The summed E-state index contributed by atoms with van der Waals surface area (Å²) in [4.78, 5) is 26.4. The number of carbonyl (C=O) groups excluding carboxylic acids is 1. The number of nitrogens with zero attached hydrogens (tertiary/aromatic N) is 4. The molecule has 5 rings (SSSR count). The zero-order chi connectivity index (χ0) is 30.1. The highest BCUT2D eigenvalue weighted by molar-refractivity contribution is 5.94. The molecule has 0 saturated heterocycles. The summed E-state index contributed by atoms with van der Waals surface area (Å²) in [5.74, 6) is -0.248. The number of rotatable bonds is 8. The van der Waals surface area contributed by atoms with Crippen LogP contribution in [0.25, 0.3) is 11.2 Å². The van der Waals surface area contributed by atoms with Crippen molar-refractivity contribution in [3.8, 4) is 0 Å². The van der Waals surface area contributed by atoms with Crippen LogP contribution in [0.2, 0.25) is 0 Å². The summed E-state index contributed by atoms with van der Waals surface area (Å²) in [5, 5.41) is 8.86. The minimum Gasteiger partial charge on any atom is -0.366 e. The number of halogens is 6. The second kappa shape index (κ2) is 11.9. The maximum Gasteiger partial charge on any atom is 0.416 e. The van der Waals surface area contributed by atoms with Crippen molar-refractivity contribution >= 4 is 28.8 Å². The number of fused-ring (bicyclic) bond motifs is 1. The van der Waals surface area contributed by atoms with Crippen LogP contribution >= 0.6 is 0 Å². The Morgan fingerprint density at radius 2 is 1.55 bits per heavy atom. The number of carbonyl (C=O) groups is 1. The highest BCUT2D eigenvalue weighted by atomic mass is 19.4. The summed E-state index contributed by atoms with van der Waals surface area (Å²) in [7, 11) is 0. The smallest absolute Gasteiger partial charge is 0.366 e. The predicted molar refractivity (Wildman–Crippen MR) is 144 cm³/mol. The molecule has 0 bridgehead atoms. The molecular weight excluding hydrogens is 566 g/mol. The molecule has 0 radical (unpaired) electrons. The van der Waals surface area contributed by atoms with E-state index in [1.807, 2.05) is 4.57 Å². The molecule has 2 saturated carbocycles. The fourth-order valence-electron chi connectivity index (χ4n) is 5.55. The Bertz CT molecular complexity index is 1380. The Labute approximate surface area is 237 Å². The number of hydrogen-bond acceptors (Lipinski definition) is 7. The van der Waals surface area contributed by atoms with Crippen LogP contribution in [0.5, 0.6) is 0 Å². The Morgan fingerprint density at radius 1 is 0.905 bits per heavy atom. The van der Waals surface area contributed by atoms with Gasteiger partial charge in [-0.25, -0.2) is 4.98 Å². The first-order chi connectivity index (χ1) is 19.9. The van der Waals surface area contributed by atoms with E-state index in [9.17, 15) is 31.1 Å². The molecule has 2 aliphatic rings. The lowest BCUT2D eigenvalue weighted by Crippen LogP contribution is -2.33. The number of alkyl halides is 6. The van der Waals surface area contributed by atoms with Crippen LogP contribution < -0.4 is 21.7 Å². The van der Waals surface area contributed by atoms with Gasteiger partial charge in [0.15, 0.2) is 17.0 Å². The Morgan fingerprint density at radius 3 is 2.17 bits per heavy atom. The van der Waals surface area contributed by atoms with Crippen LogP contribution in [0, 0.1) is 0 Å². The van der Waals surface area contributed by atoms with Crippen molar-refractivity contribution in [2.45, 2.75) is 81.8 Å².